The molecule has 7 aliphatic rings. The molecule has 0 saturated heterocycles. The molecule has 9 nitrogen and oxygen atoms in total. The molecule has 10 unspecified atom stereocenters. The summed E-state index contributed by atoms with van der Waals surface area (Å²) >= 11 is 0. The predicted octanol–water partition coefficient (Wildman–Crippen LogP) is 2.70. The average Bonchev–Trinajstić information content (AvgIpc) is 3.41. The lowest BCUT2D eigenvalue weighted by Crippen LogP contribution is -2.64. The van der Waals surface area contributed by atoms with Crippen LogP contribution in [0.5, 0.6) is 0 Å². The van der Waals surface area contributed by atoms with Crippen LogP contribution in [0.3, 0.4) is 0 Å². The molecule has 0 amide bonds. The van der Waals surface area contributed by atoms with Crippen LogP contribution in [0.4, 0.5) is 0 Å². The first kappa shape index (κ1) is 30.7. The van der Waals surface area contributed by atoms with E-state index in [1.54, 1.807) is 7.05 Å². The van der Waals surface area contributed by atoms with Gasteiger partial charge in [-0.3, -0.25) is 4.99 Å². The van der Waals surface area contributed by atoms with Crippen molar-refractivity contribution in [3.05, 3.63) is 47.7 Å². The van der Waals surface area contributed by atoms with Gasteiger partial charge in [-0.15, -0.1) is 0 Å². The van der Waals surface area contributed by atoms with E-state index in [1.807, 2.05) is 0 Å². The van der Waals surface area contributed by atoms with Gasteiger partial charge in [0, 0.05) is 55.5 Å². The molecule has 5 aliphatic carbocycles. The van der Waals surface area contributed by atoms with Gasteiger partial charge in [0.05, 0.1) is 31.4 Å². The van der Waals surface area contributed by atoms with E-state index in [0.29, 0.717) is 44.9 Å². The fourth-order valence-corrected chi connectivity index (χ4v) is 11.0. The number of carboxylic acids is 1. The molecule has 3 saturated carbocycles. The number of aliphatic hydroxyl groups excluding tert-OH is 1. The summed E-state index contributed by atoms with van der Waals surface area (Å²) in [6.07, 6.45) is 17.9. The molecule has 5 N–H and O–H groups in total. The maximum absolute atomic E-state index is 13.3. The molecule has 45 heavy (non-hydrogen) atoms. The van der Waals surface area contributed by atoms with Gasteiger partial charge >= 0.3 is 5.97 Å². The number of rotatable bonds is 8. The molecule has 9 heteroatoms. The normalized spacial score (nSPS) is 43.4. The van der Waals surface area contributed by atoms with Crippen LogP contribution >= 0.6 is 0 Å². The van der Waals surface area contributed by atoms with Gasteiger partial charge in [-0.25, -0.2) is 4.79 Å². The Bertz CT molecular complexity index is 1420. The van der Waals surface area contributed by atoms with Crippen molar-refractivity contribution in [2.75, 3.05) is 46.4 Å². The first-order valence-electron chi connectivity index (χ1n) is 16.9. The van der Waals surface area contributed by atoms with E-state index in [4.69, 9.17) is 4.74 Å². The Morgan fingerprint density at radius 2 is 2.11 bits per heavy atom. The monoisotopic (exact) mass is 616 g/mol. The summed E-state index contributed by atoms with van der Waals surface area (Å²) in [6, 6.07) is 0. The molecule has 0 radical (unpaired) electrons. The van der Waals surface area contributed by atoms with Crippen LogP contribution < -0.4 is 10.6 Å². The number of aliphatic carboxylic acids is 1. The van der Waals surface area contributed by atoms with E-state index in [9.17, 15) is 20.1 Å². The number of ether oxygens (including phenoxy) is 1. The summed E-state index contributed by atoms with van der Waals surface area (Å²) in [5.41, 5.74) is -1.49. The number of guanidine groups is 1. The zero-order valence-corrected chi connectivity index (χ0v) is 26.5. The molecule has 0 aromatic rings. The van der Waals surface area contributed by atoms with Crippen molar-refractivity contribution < 1.29 is 24.9 Å². The summed E-state index contributed by atoms with van der Waals surface area (Å²) in [5.74, 6) is 7.76. The number of nitrogens with zero attached hydrogens (tertiary/aromatic N) is 2. The molecule has 5 bridgehead atoms. The van der Waals surface area contributed by atoms with Crippen LogP contribution in [0.25, 0.3) is 0 Å². The SMILES string of the molecule is CN=C1NCC#CC2CC(C)C34CC(O)(COC5CCCC6C=CC=CC65)C(C(=O)O)=C3CC2C42CN1C=CC2CNCCO. The molecule has 0 aromatic heterocycles. The summed E-state index contributed by atoms with van der Waals surface area (Å²) in [5, 5.41) is 40.0. The van der Waals surface area contributed by atoms with Gasteiger partial charge in [0.15, 0.2) is 5.96 Å². The third kappa shape index (κ3) is 4.58. The molecule has 10 atom stereocenters. The molecule has 7 rings (SSSR count). The van der Waals surface area contributed by atoms with Gasteiger partial charge in [-0.2, -0.15) is 0 Å². The molecular formula is C36H48N4O5. The number of nitrogens with one attached hydrogen (secondary N) is 2. The highest BCUT2D eigenvalue weighted by molar-refractivity contribution is 5.92. The van der Waals surface area contributed by atoms with Gasteiger partial charge in [0.2, 0.25) is 0 Å². The lowest BCUT2D eigenvalue weighted by Gasteiger charge is -2.62. The fraction of sp³-hybridized carbons (Fsp3) is 0.667. The Morgan fingerprint density at radius 1 is 1.27 bits per heavy atom. The fourth-order valence-electron chi connectivity index (χ4n) is 11.0. The average molecular weight is 617 g/mol. The molecule has 242 valence electrons. The predicted molar refractivity (Wildman–Crippen MR) is 172 cm³/mol. The van der Waals surface area contributed by atoms with Crippen LogP contribution in [0.15, 0.2) is 52.7 Å². The van der Waals surface area contributed by atoms with Crippen molar-refractivity contribution >= 4 is 11.9 Å². The lowest BCUT2D eigenvalue weighted by molar-refractivity contribution is -0.147. The minimum Gasteiger partial charge on any atom is -0.478 e. The van der Waals surface area contributed by atoms with Gasteiger partial charge < -0.3 is 35.6 Å². The Balaban J connectivity index is 1.33. The van der Waals surface area contributed by atoms with Crippen LogP contribution in [0.1, 0.15) is 45.4 Å². The quantitative estimate of drug-likeness (QED) is 0.208. The number of hydrogen-bond acceptors (Lipinski definition) is 6. The largest absolute Gasteiger partial charge is 0.478 e. The van der Waals surface area contributed by atoms with Crippen molar-refractivity contribution in [2.45, 2.75) is 57.2 Å². The molecule has 2 heterocycles. The molecule has 0 aromatic carbocycles. The number of hydrogen-bond donors (Lipinski definition) is 5. The van der Waals surface area contributed by atoms with Crippen molar-refractivity contribution in [1.82, 2.24) is 15.5 Å². The van der Waals surface area contributed by atoms with Crippen LogP contribution in [-0.4, -0.2) is 90.3 Å². The Labute approximate surface area is 266 Å². The van der Waals surface area contributed by atoms with E-state index < -0.39 is 22.4 Å². The number of carbonyl (C=O) groups is 1. The highest BCUT2D eigenvalue weighted by Crippen LogP contribution is 2.78. The Hall–Kier alpha value is -2.90. The first-order chi connectivity index (χ1) is 21.8. The Kier molecular flexibility index (Phi) is 8.00. The van der Waals surface area contributed by atoms with Crippen molar-refractivity contribution in [1.29, 1.82) is 0 Å². The highest BCUT2D eigenvalue weighted by atomic mass is 16.5. The highest BCUT2D eigenvalue weighted by Gasteiger charge is 2.76. The minimum atomic E-state index is -1.60. The van der Waals surface area contributed by atoms with Crippen molar-refractivity contribution in [3.63, 3.8) is 0 Å². The minimum absolute atomic E-state index is 0.0156. The summed E-state index contributed by atoms with van der Waals surface area (Å²) in [7, 11) is 1.78. The summed E-state index contributed by atoms with van der Waals surface area (Å²) < 4.78 is 6.63. The van der Waals surface area contributed by atoms with E-state index in [0.717, 1.165) is 37.2 Å². The second-order valence-electron chi connectivity index (χ2n) is 14.4. The van der Waals surface area contributed by atoms with Crippen LogP contribution in [0, 0.1) is 58.2 Å². The number of aliphatic imine (C=N–C) groups is 1. The molecular weight excluding hydrogens is 568 g/mol. The number of carboxylic acid groups (broad SMARTS) is 1. The standard InChI is InChI=1S/C36H48N4O5/c1-23-17-25-9-6-13-39-33(37-2)40-15-12-26(19-38-14-16-41)36(21-40)28(25)18-29-31(32(42)43)34(44,20-35(23,29)36)22-45-30-11-5-8-24-7-3-4-10-27(24)30/h3-4,7,10,12,15,23-28,30,38,41,44H,5,8,11,13-14,16-22H2,1-2H3,(H,37,39)(H,42,43). The molecule has 2 aliphatic heterocycles. The maximum atomic E-state index is 13.3. The lowest BCUT2D eigenvalue weighted by atomic mass is 9.44. The van der Waals surface area contributed by atoms with Gasteiger partial charge in [0.25, 0.3) is 0 Å². The van der Waals surface area contributed by atoms with E-state index in [1.165, 1.54) is 0 Å². The van der Waals surface area contributed by atoms with Crippen molar-refractivity contribution in [2.24, 2.45) is 51.3 Å². The third-order valence-electron chi connectivity index (χ3n) is 12.6. The van der Waals surface area contributed by atoms with E-state index in [-0.39, 0.29) is 54.5 Å². The number of fused-ring (bicyclic) bond motifs is 2. The van der Waals surface area contributed by atoms with Crippen molar-refractivity contribution in [3.8, 4) is 11.8 Å². The summed E-state index contributed by atoms with van der Waals surface area (Å²) in [4.78, 5) is 20.1. The molecule has 3 fully saturated rings. The molecule has 2 spiro atoms. The van der Waals surface area contributed by atoms with Crippen LogP contribution in [-0.2, 0) is 9.53 Å². The smallest absolute Gasteiger partial charge is 0.334 e. The van der Waals surface area contributed by atoms with Crippen LogP contribution in [0.2, 0.25) is 0 Å². The first-order valence-corrected chi connectivity index (χ1v) is 16.9. The van der Waals surface area contributed by atoms with Gasteiger partial charge in [0.1, 0.15) is 5.60 Å². The maximum Gasteiger partial charge on any atom is 0.334 e. The van der Waals surface area contributed by atoms with Gasteiger partial charge in [-0.05, 0) is 61.3 Å². The zero-order valence-electron chi connectivity index (χ0n) is 26.5. The topological polar surface area (TPSA) is 127 Å². The van der Waals surface area contributed by atoms with E-state index in [2.05, 4.69) is 75.9 Å². The third-order valence-corrected chi connectivity index (χ3v) is 12.6. The number of allylic oxidation sites excluding steroid dienone is 4. The zero-order chi connectivity index (χ0) is 31.4. The second kappa shape index (κ2) is 11.7. The second-order valence-corrected chi connectivity index (χ2v) is 14.4. The Morgan fingerprint density at radius 3 is 2.91 bits per heavy atom. The van der Waals surface area contributed by atoms with Gasteiger partial charge in [-0.1, -0.05) is 55.6 Å². The number of aliphatic hydroxyl groups is 2. The summed E-state index contributed by atoms with van der Waals surface area (Å²) in [6.45, 7) is 4.58. The van der Waals surface area contributed by atoms with E-state index >= 15 is 0 Å².